The van der Waals surface area contributed by atoms with Crippen molar-refractivity contribution in [1.29, 1.82) is 0 Å². The van der Waals surface area contributed by atoms with Gasteiger partial charge in [0, 0.05) is 35.6 Å². The SMILES string of the molecule is Cc1nnc(CN=C(NCCc2c[nH]c3ccccc23)NCc2cccs2)n1C. The van der Waals surface area contributed by atoms with Crippen LogP contribution in [0.4, 0.5) is 0 Å². The van der Waals surface area contributed by atoms with Crippen LogP contribution in [-0.2, 0) is 26.6 Å². The minimum atomic E-state index is 0.476. The standard InChI is InChI=1S/C21H25N7S/c1-15-26-27-20(28(15)2)14-25-21(24-13-17-6-5-11-29-17)22-10-9-16-12-23-19-8-4-3-7-18(16)19/h3-8,11-12,23H,9-10,13-14H2,1-2H3,(H2,22,24,25). The quantitative estimate of drug-likeness (QED) is 0.325. The summed E-state index contributed by atoms with van der Waals surface area (Å²) in [6.45, 7) is 3.95. The number of aromatic nitrogens is 4. The Labute approximate surface area is 173 Å². The highest BCUT2D eigenvalue weighted by molar-refractivity contribution is 7.09. The number of aliphatic imine (C=N–C) groups is 1. The Balaban J connectivity index is 1.41. The molecule has 0 fully saturated rings. The molecule has 0 aliphatic carbocycles. The van der Waals surface area contributed by atoms with E-state index in [1.165, 1.54) is 21.3 Å². The molecule has 3 heterocycles. The van der Waals surface area contributed by atoms with Crippen LogP contribution in [0.5, 0.6) is 0 Å². The lowest BCUT2D eigenvalue weighted by atomic mass is 10.1. The number of aryl methyl sites for hydroxylation is 1. The zero-order valence-electron chi connectivity index (χ0n) is 16.6. The second-order valence-corrected chi connectivity index (χ2v) is 7.89. The maximum Gasteiger partial charge on any atom is 0.192 e. The maximum absolute atomic E-state index is 4.72. The van der Waals surface area contributed by atoms with Gasteiger partial charge >= 0.3 is 0 Å². The lowest BCUT2D eigenvalue weighted by Gasteiger charge is -2.12. The summed E-state index contributed by atoms with van der Waals surface area (Å²) < 4.78 is 1.96. The van der Waals surface area contributed by atoms with Crippen LogP contribution in [-0.4, -0.2) is 32.3 Å². The van der Waals surface area contributed by atoms with Gasteiger partial charge in [0.05, 0.1) is 6.54 Å². The minimum Gasteiger partial charge on any atom is -0.361 e. The molecule has 0 saturated carbocycles. The Morgan fingerprint density at radius 3 is 2.86 bits per heavy atom. The van der Waals surface area contributed by atoms with Gasteiger partial charge in [0.25, 0.3) is 0 Å². The Hall–Kier alpha value is -3.13. The molecule has 0 saturated heterocycles. The predicted octanol–water partition coefficient (Wildman–Crippen LogP) is 3.14. The van der Waals surface area contributed by atoms with Crippen molar-refractivity contribution < 1.29 is 0 Å². The number of fused-ring (bicyclic) bond motifs is 1. The Morgan fingerprint density at radius 2 is 2.07 bits per heavy atom. The van der Waals surface area contributed by atoms with E-state index in [0.29, 0.717) is 6.54 Å². The van der Waals surface area contributed by atoms with Crippen LogP contribution in [0, 0.1) is 6.92 Å². The molecule has 7 nitrogen and oxygen atoms in total. The van der Waals surface area contributed by atoms with Crippen LogP contribution >= 0.6 is 11.3 Å². The second kappa shape index (κ2) is 8.91. The van der Waals surface area contributed by atoms with E-state index in [1.807, 2.05) is 24.6 Å². The molecule has 0 aliphatic heterocycles. The van der Waals surface area contributed by atoms with Crippen LogP contribution in [0.25, 0.3) is 10.9 Å². The number of nitrogens with one attached hydrogen (secondary N) is 3. The molecule has 8 heteroatoms. The molecule has 1 aromatic carbocycles. The zero-order chi connectivity index (χ0) is 20.1. The number of rotatable bonds is 7. The van der Waals surface area contributed by atoms with Gasteiger partial charge in [-0.2, -0.15) is 0 Å². The fourth-order valence-electron chi connectivity index (χ4n) is 3.15. The third kappa shape index (κ3) is 4.65. The van der Waals surface area contributed by atoms with Crippen LogP contribution in [0.15, 0.2) is 53.0 Å². The fraction of sp³-hybridized carbons (Fsp3) is 0.286. The van der Waals surface area contributed by atoms with Gasteiger partial charge in [-0.1, -0.05) is 24.3 Å². The molecule has 4 rings (SSSR count). The monoisotopic (exact) mass is 407 g/mol. The molecular formula is C21H25N7S. The number of H-pyrrole nitrogens is 1. The average molecular weight is 408 g/mol. The van der Waals surface area contributed by atoms with Crippen molar-refractivity contribution in [1.82, 2.24) is 30.4 Å². The number of guanidine groups is 1. The third-order valence-corrected chi connectivity index (χ3v) is 5.81. The highest BCUT2D eigenvalue weighted by Gasteiger charge is 2.07. The molecule has 150 valence electrons. The van der Waals surface area contributed by atoms with Crippen molar-refractivity contribution in [2.75, 3.05) is 6.54 Å². The van der Waals surface area contributed by atoms with Crippen molar-refractivity contribution in [3.05, 3.63) is 70.1 Å². The number of thiophene rings is 1. The first-order chi connectivity index (χ1) is 14.2. The number of aromatic amines is 1. The second-order valence-electron chi connectivity index (χ2n) is 6.86. The number of hydrogen-bond acceptors (Lipinski definition) is 4. The highest BCUT2D eigenvalue weighted by atomic mass is 32.1. The minimum absolute atomic E-state index is 0.476. The van der Waals surface area contributed by atoms with Gasteiger partial charge in [-0.05, 0) is 36.4 Å². The molecule has 0 unspecified atom stereocenters. The summed E-state index contributed by atoms with van der Waals surface area (Å²) in [5.41, 5.74) is 2.47. The van der Waals surface area contributed by atoms with E-state index < -0.39 is 0 Å². The Morgan fingerprint density at radius 1 is 1.17 bits per heavy atom. The number of benzene rings is 1. The Bertz CT molecular complexity index is 1090. The zero-order valence-corrected chi connectivity index (χ0v) is 17.5. The molecule has 0 aliphatic rings. The predicted molar refractivity (Wildman–Crippen MR) is 118 cm³/mol. The fourth-order valence-corrected chi connectivity index (χ4v) is 3.80. The third-order valence-electron chi connectivity index (χ3n) is 4.93. The topological polar surface area (TPSA) is 82.9 Å². The summed E-state index contributed by atoms with van der Waals surface area (Å²) in [7, 11) is 1.96. The van der Waals surface area contributed by atoms with Crippen molar-refractivity contribution >= 4 is 28.2 Å². The van der Waals surface area contributed by atoms with Gasteiger partial charge in [-0.15, -0.1) is 21.5 Å². The molecule has 0 amide bonds. The first-order valence-corrected chi connectivity index (χ1v) is 10.5. The largest absolute Gasteiger partial charge is 0.361 e. The van der Waals surface area contributed by atoms with Crippen molar-refractivity contribution in [3.8, 4) is 0 Å². The van der Waals surface area contributed by atoms with Crippen molar-refractivity contribution in [2.24, 2.45) is 12.0 Å². The van der Waals surface area contributed by atoms with Crippen molar-refractivity contribution in [3.63, 3.8) is 0 Å². The van der Waals surface area contributed by atoms with E-state index in [-0.39, 0.29) is 0 Å². The summed E-state index contributed by atoms with van der Waals surface area (Å²) in [5.74, 6) is 2.51. The van der Waals surface area contributed by atoms with E-state index in [2.05, 4.69) is 67.7 Å². The molecule has 4 aromatic rings. The van der Waals surface area contributed by atoms with E-state index >= 15 is 0 Å². The van der Waals surface area contributed by atoms with E-state index in [9.17, 15) is 0 Å². The number of hydrogen-bond donors (Lipinski definition) is 3. The van der Waals surface area contributed by atoms with E-state index in [0.717, 1.165) is 37.1 Å². The normalized spacial score (nSPS) is 11.9. The van der Waals surface area contributed by atoms with Gasteiger partial charge < -0.3 is 20.2 Å². The average Bonchev–Trinajstić information content (AvgIpc) is 3.47. The van der Waals surface area contributed by atoms with Crippen LogP contribution in [0.3, 0.4) is 0 Å². The highest BCUT2D eigenvalue weighted by Crippen LogP contribution is 2.17. The molecule has 0 radical (unpaired) electrons. The lowest BCUT2D eigenvalue weighted by molar-refractivity contribution is 0.750. The summed E-state index contributed by atoms with van der Waals surface area (Å²) in [4.78, 5) is 9.32. The number of nitrogens with zero attached hydrogens (tertiary/aromatic N) is 4. The van der Waals surface area contributed by atoms with Gasteiger partial charge in [0.2, 0.25) is 0 Å². The number of para-hydroxylation sites is 1. The van der Waals surface area contributed by atoms with E-state index in [1.54, 1.807) is 11.3 Å². The summed E-state index contributed by atoms with van der Waals surface area (Å²) in [6.07, 6.45) is 3.00. The lowest BCUT2D eigenvalue weighted by Crippen LogP contribution is -2.38. The molecule has 0 spiro atoms. The van der Waals surface area contributed by atoms with Gasteiger partial charge in [0.15, 0.2) is 11.8 Å². The molecule has 29 heavy (non-hydrogen) atoms. The summed E-state index contributed by atoms with van der Waals surface area (Å²) in [6, 6.07) is 12.6. The Kier molecular flexibility index (Phi) is 5.90. The van der Waals surface area contributed by atoms with Gasteiger partial charge in [0.1, 0.15) is 12.4 Å². The molecule has 3 aromatic heterocycles. The molecule has 0 bridgehead atoms. The molecular weight excluding hydrogens is 382 g/mol. The van der Waals surface area contributed by atoms with Crippen LogP contribution < -0.4 is 10.6 Å². The van der Waals surface area contributed by atoms with Crippen molar-refractivity contribution in [2.45, 2.75) is 26.4 Å². The van der Waals surface area contributed by atoms with Gasteiger partial charge in [-0.3, -0.25) is 0 Å². The first kappa shape index (κ1) is 19.2. The summed E-state index contributed by atoms with van der Waals surface area (Å²) >= 11 is 1.73. The summed E-state index contributed by atoms with van der Waals surface area (Å²) in [5, 5.41) is 18.5. The maximum atomic E-state index is 4.72. The smallest absolute Gasteiger partial charge is 0.192 e. The van der Waals surface area contributed by atoms with Crippen LogP contribution in [0.1, 0.15) is 22.1 Å². The first-order valence-electron chi connectivity index (χ1n) is 9.65. The van der Waals surface area contributed by atoms with Crippen LogP contribution in [0.2, 0.25) is 0 Å². The molecule has 0 atom stereocenters. The van der Waals surface area contributed by atoms with Gasteiger partial charge in [-0.25, -0.2) is 4.99 Å². The molecule has 3 N–H and O–H groups in total. The van der Waals surface area contributed by atoms with E-state index in [4.69, 9.17) is 4.99 Å².